The molecule has 2 aliphatic heterocycles. The molecule has 8 heteroatoms. The summed E-state index contributed by atoms with van der Waals surface area (Å²) >= 11 is 5.95. The quantitative estimate of drug-likeness (QED) is 0.716. The van der Waals surface area contributed by atoms with Crippen LogP contribution in [0.5, 0.6) is 0 Å². The minimum atomic E-state index is 0.0252. The van der Waals surface area contributed by atoms with Crippen molar-refractivity contribution >= 4 is 17.4 Å². The van der Waals surface area contributed by atoms with Crippen molar-refractivity contribution in [2.75, 3.05) is 18.8 Å². The van der Waals surface area contributed by atoms with Gasteiger partial charge in [0.15, 0.2) is 0 Å². The van der Waals surface area contributed by atoms with Crippen LogP contribution < -0.4 is 11.3 Å². The van der Waals surface area contributed by atoms with E-state index < -0.39 is 0 Å². The zero-order valence-electron chi connectivity index (χ0n) is 15.8. The fourth-order valence-electron chi connectivity index (χ4n) is 4.59. The molecule has 0 spiro atoms. The smallest absolute Gasteiger partial charge is 0.251 e. The van der Waals surface area contributed by atoms with Crippen LogP contribution in [-0.4, -0.2) is 37.5 Å². The van der Waals surface area contributed by atoms with E-state index in [1.807, 2.05) is 16.7 Å². The van der Waals surface area contributed by atoms with Crippen molar-refractivity contribution in [3.8, 4) is 11.3 Å². The van der Waals surface area contributed by atoms with Gasteiger partial charge in [-0.3, -0.25) is 14.7 Å². The number of halogens is 1. The van der Waals surface area contributed by atoms with E-state index in [9.17, 15) is 4.79 Å². The van der Waals surface area contributed by atoms with E-state index >= 15 is 0 Å². The van der Waals surface area contributed by atoms with Crippen molar-refractivity contribution in [3.63, 3.8) is 0 Å². The minimum Gasteiger partial charge on any atom is -0.384 e. The molecule has 3 aromatic rings. The number of pyridine rings is 2. The number of fused-ring (bicyclic) bond motifs is 4. The van der Waals surface area contributed by atoms with Crippen LogP contribution in [0.15, 0.2) is 47.7 Å². The Balaban J connectivity index is 1.45. The summed E-state index contributed by atoms with van der Waals surface area (Å²) in [5, 5.41) is 0.649. The van der Waals surface area contributed by atoms with Crippen LogP contribution in [0.2, 0.25) is 5.02 Å². The van der Waals surface area contributed by atoms with Crippen molar-refractivity contribution in [1.82, 2.24) is 24.4 Å². The number of nitrogen functional groups attached to an aromatic ring is 1. The Bertz CT molecular complexity index is 1110. The number of nitrogens with two attached hydrogens (primary N) is 1. The Morgan fingerprint density at radius 1 is 1.10 bits per heavy atom. The molecule has 0 aromatic carbocycles. The third-order valence-electron chi connectivity index (χ3n) is 5.79. The number of likely N-dealkylation sites (tertiary alicyclic amines) is 1. The van der Waals surface area contributed by atoms with Gasteiger partial charge in [-0.15, -0.1) is 0 Å². The second-order valence-corrected chi connectivity index (χ2v) is 8.34. The number of rotatable bonds is 3. The number of hydrogen-bond acceptors (Lipinski definition) is 6. The second kappa shape index (κ2) is 7.24. The highest BCUT2D eigenvalue weighted by Crippen LogP contribution is 2.36. The van der Waals surface area contributed by atoms with Crippen molar-refractivity contribution in [2.45, 2.75) is 25.4 Å². The van der Waals surface area contributed by atoms with Crippen LogP contribution in [0, 0.1) is 5.92 Å². The Labute approximate surface area is 173 Å². The first-order valence-electron chi connectivity index (χ1n) is 9.70. The molecule has 2 bridgehead atoms. The van der Waals surface area contributed by atoms with Gasteiger partial charge in [-0.1, -0.05) is 11.6 Å². The summed E-state index contributed by atoms with van der Waals surface area (Å²) < 4.78 is 1.94. The third-order valence-corrected chi connectivity index (χ3v) is 6.01. The fraction of sp³-hybridized carbons (Fsp3) is 0.333. The van der Waals surface area contributed by atoms with Crippen LogP contribution in [0.3, 0.4) is 0 Å². The lowest BCUT2D eigenvalue weighted by Crippen LogP contribution is -2.46. The van der Waals surface area contributed by atoms with Gasteiger partial charge < -0.3 is 10.3 Å². The molecule has 5 heterocycles. The van der Waals surface area contributed by atoms with E-state index in [1.54, 1.807) is 18.3 Å². The zero-order valence-corrected chi connectivity index (χ0v) is 16.6. The largest absolute Gasteiger partial charge is 0.384 e. The molecule has 29 heavy (non-hydrogen) atoms. The van der Waals surface area contributed by atoms with Gasteiger partial charge >= 0.3 is 0 Å². The molecule has 148 valence electrons. The first-order chi connectivity index (χ1) is 14.0. The summed E-state index contributed by atoms with van der Waals surface area (Å²) in [7, 11) is 0. The van der Waals surface area contributed by atoms with Crippen LogP contribution in [0.25, 0.3) is 11.3 Å². The van der Waals surface area contributed by atoms with Crippen molar-refractivity contribution in [1.29, 1.82) is 0 Å². The molecule has 7 nitrogen and oxygen atoms in total. The molecule has 0 aliphatic carbocycles. The molecule has 1 fully saturated rings. The Morgan fingerprint density at radius 2 is 2.00 bits per heavy atom. The highest BCUT2D eigenvalue weighted by molar-refractivity contribution is 6.30. The summed E-state index contributed by atoms with van der Waals surface area (Å²) in [6.45, 7) is 3.41. The summed E-state index contributed by atoms with van der Waals surface area (Å²) in [6, 6.07) is 9.30. The molecular weight excluding hydrogens is 388 g/mol. The molecule has 0 amide bonds. The monoisotopic (exact) mass is 408 g/mol. The highest BCUT2D eigenvalue weighted by atomic mass is 35.5. The van der Waals surface area contributed by atoms with Gasteiger partial charge in [0.05, 0.1) is 16.4 Å². The van der Waals surface area contributed by atoms with E-state index in [0.717, 1.165) is 49.6 Å². The first-order valence-corrected chi connectivity index (χ1v) is 10.1. The molecule has 3 aromatic heterocycles. The summed E-state index contributed by atoms with van der Waals surface area (Å²) in [5.74, 6) is 1.17. The topological polar surface area (TPSA) is 89.9 Å². The van der Waals surface area contributed by atoms with E-state index in [1.165, 1.54) is 6.33 Å². The molecule has 5 rings (SSSR count). The van der Waals surface area contributed by atoms with Gasteiger partial charge in [0.2, 0.25) is 0 Å². The molecule has 1 saturated heterocycles. The van der Waals surface area contributed by atoms with Gasteiger partial charge in [-0.25, -0.2) is 9.97 Å². The number of piperidine rings is 1. The number of nitrogens with zero attached hydrogens (tertiary/aromatic N) is 5. The molecule has 2 aliphatic rings. The Kier molecular flexibility index (Phi) is 4.56. The maximum absolute atomic E-state index is 12.8. The standard InChI is InChI=1S/C21H21ClN6O/c22-16-1-2-17(24-7-16)11-27-8-13-3-15(10-27)19-4-14(5-21(29)28(19)9-13)18-6-20(23)26-12-25-18/h1-2,4-7,12-13,15H,3,8-11H2,(H2,23,25,26)/t13-,15+/m0/s1. The van der Waals surface area contributed by atoms with E-state index in [2.05, 4.69) is 25.9 Å². The summed E-state index contributed by atoms with van der Waals surface area (Å²) in [4.78, 5) is 27.9. The average Bonchev–Trinajstić information content (AvgIpc) is 2.70. The lowest BCUT2D eigenvalue weighted by atomic mass is 9.82. The summed E-state index contributed by atoms with van der Waals surface area (Å²) in [5.41, 5.74) is 9.39. The van der Waals surface area contributed by atoms with Crippen molar-refractivity contribution in [2.24, 2.45) is 5.92 Å². The molecule has 2 atom stereocenters. The lowest BCUT2D eigenvalue weighted by Gasteiger charge is -2.42. The fourth-order valence-corrected chi connectivity index (χ4v) is 4.71. The van der Waals surface area contributed by atoms with Gasteiger partial charge in [0.25, 0.3) is 5.56 Å². The van der Waals surface area contributed by atoms with Crippen LogP contribution in [-0.2, 0) is 13.1 Å². The van der Waals surface area contributed by atoms with Crippen LogP contribution >= 0.6 is 11.6 Å². The van der Waals surface area contributed by atoms with Crippen molar-refractivity contribution in [3.05, 3.63) is 69.6 Å². The molecule has 0 unspecified atom stereocenters. The van der Waals surface area contributed by atoms with Gasteiger partial charge in [0.1, 0.15) is 12.1 Å². The van der Waals surface area contributed by atoms with E-state index in [0.29, 0.717) is 28.4 Å². The van der Waals surface area contributed by atoms with Crippen LogP contribution in [0.4, 0.5) is 5.82 Å². The normalized spacial score (nSPS) is 21.0. The Morgan fingerprint density at radius 3 is 2.79 bits per heavy atom. The maximum atomic E-state index is 12.8. The maximum Gasteiger partial charge on any atom is 0.251 e. The summed E-state index contributed by atoms with van der Waals surface area (Å²) in [6.07, 6.45) is 4.22. The van der Waals surface area contributed by atoms with E-state index in [4.69, 9.17) is 17.3 Å². The van der Waals surface area contributed by atoms with E-state index in [-0.39, 0.29) is 5.56 Å². The second-order valence-electron chi connectivity index (χ2n) is 7.91. The molecule has 0 saturated carbocycles. The zero-order chi connectivity index (χ0) is 20.0. The third kappa shape index (κ3) is 3.63. The Hall–Kier alpha value is -2.77. The predicted octanol–water partition coefficient (Wildman–Crippen LogP) is 2.56. The molecular formula is C21H21ClN6O. The lowest BCUT2D eigenvalue weighted by molar-refractivity contribution is 0.113. The van der Waals surface area contributed by atoms with Crippen LogP contribution in [0.1, 0.15) is 23.7 Å². The van der Waals surface area contributed by atoms with Crippen molar-refractivity contribution < 1.29 is 0 Å². The van der Waals surface area contributed by atoms with Gasteiger partial charge in [-0.05, 0) is 30.5 Å². The predicted molar refractivity (Wildman–Crippen MR) is 112 cm³/mol. The molecule has 0 radical (unpaired) electrons. The SMILES string of the molecule is Nc1cc(-c2cc3n(c(=O)c2)C[C@H]2C[C@@H]3CN(Cc3ccc(Cl)cn3)C2)ncn1. The number of anilines is 1. The minimum absolute atomic E-state index is 0.0252. The van der Waals surface area contributed by atoms with Gasteiger partial charge in [-0.2, -0.15) is 0 Å². The average molecular weight is 409 g/mol. The first kappa shape index (κ1) is 18.3. The number of hydrogen-bond donors (Lipinski definition) is 1. The molecule has 2 N–H and O–H groups in total. The highest BCUT2D eigenvalue weighted by Gasteiger charge is 2.35. The van der Waals surface area contributed by atoms with Gasteiger partial charge in [0, 0.05) is 61.7 Å². The number of aromatic nitrogens is 4.